The van der Waals surface area contributed by atoms with Crippen molar-refractivity contribution < 1.29 is 4.79 Å². The largest absolute Gasteiger partial charge is 0.396 e. The van der Waals surface area contributed by atoms with Crippen LogP contribution in [0.25, 0.3) is 0 Å². The first-order valence-corrected chi connectivity index (χ1v) is 4.80. The molecular formula is C9H14N4O. The predicted octanol–water partition coefficient (Wildman–Crippen LogP) is 0.259. The zero-order valence-electron chi connectivity index (χ0n) is 8.18. The summed E-state index contributed by atoms with van der Waals surface area (Å²) in [6, 6.07) is -0.146. The van der Waals surface area contributed by atoms with Gasteiger partial charge in [0.05, 0.1) is 11.9 Å². The fraction of sp³-hybridized carbons (Fsp3) is 0.556. The van der Waals surface area contributed by atoms with Gasteiger partial charge >= 0.3 is 0 Å². The molecule has 0 spiro atoms. The standard InChI is InChI=1S/C9H14N4O/c1-2-12-4-3-8(9(12)14)13-6-7(10)5-11-13/h5-6,8H,2-4,10H2,1H3. The number of amides is 1. The van der Waals surface area contributed by atoms with Crippen molar-refractivity contribution in [1.82, 2.24) is 14.7 Å². The Bertz CT molecular complexity index is 346. The van der Waals surface area contributed by atoms with Gasteiger partial charge in [0, 0.05) is 19.3 Å². The number of carbonyl (C=O) groups is 1. The van der Waals surface area contributed by atoms with Crippen molar-refractivity contribution in [2.75, 3.05) is 18.8 Å². The number of nitrogen functional groups attached to an aromatic ring is 1. The van der Waals surface area contributed by atoms with Crippen LogP contribution in [0.1, 0.15) is 19.4 Å². The molecule has 1 amide bonds. The molecule has 76 valence electrons. The van der Waals surface area contributed by atoms with Gasteiger partial charge < -0.3 is 10.6 Å². The summed E-state index contributed by atoms with van der Waals surface area (Å²) >= 11 is 0. The van der Waals surface area contributed by atoms with Crippen molar-refractivity contribution in [2.45, 2.75) is 19.4 Å². The number of likely N-dealkylation sites (N-methyl/N-ethyl adjacent to an activating group) is 1. The molecule has 0 saturated carbocycles. The van der Waals surface area contributed by atoms with Crippen LogP contribution >= 0.6 is 0 Å². The predicted molar refractivity (Wildman–Crippen MR) is 52.5 cm³/mol. The molecule has 2 rings (SSSR count). The summed E-state index contributed by atoms with van der Waals surface area (Å²) in [6.07, 6.45) is 4.11. The number of rotatable bonds is 2. The highest BCUT2D eigenvalue weighted by Crippen LogP contribution is 2.22. The van der Waals surface area contributed by atoms with E-state index in [1.54, 1.807) is 17.1 Å². The minimum Gasteiger partial charge on any atom is -0.396 e. The van der Waals surface area contributed by atoms with Crippen LogP contribution < -0.4 is 5.73 Å². The van der Waals surface area contributed by atoms with Gasteiger partial charge in [-0.25, -0.2) is 0 Å². The first kappa shape index (κ1) is 9.05. The van der Waals surface area contributed by atoms with Crippen molar-refractivity contribution in [3.05, 3.63) is 12.4 Å². The summed E-state index contributed by atoms with van der Waals surface area (Å²) in [7, 11) is 0. The summed E-state index contributed by atoms with van der Waals surface area (Å²) in [5.41, 5.74) is 6.15. The molecule has 2 heterocycles. The topological polar surface area (TPSA) is 64.2 Å². The zero-order chi connectivity index (χ0) is 10.1. The average Bonchev–Trinajstić information content (AvgIpc) is 2.72. The second-order valence-corrected chi connectivity index (χ2v) is 3.48. The first-order valence-electron chi connectivity index (χ1n) is 4.80. The van der Waals surface area contributed by atoms with Gasteiger partial charge in [-0.15, -0.1) is 0 Å². The molecule has 0 radical (unpaired) electrons. The summed E-state index contributed by atoms with van der Waals surface area (Å²) in [5.74, 6) is 0.149. The molecule has 5 nitrogen and oxygen atoms in total. The van der Waals surface area contributed by atoms with Gasteiger partial charge in [-0.3, -0.25) is 9.48 Å². The van der Waals surface area contributed by atoms with Crippen LogP contribution in [-0.4, -0.2) is 33.7 Å². The number of aromatic nitrogens is 2. The third-order valence-electron chi connectivity index (χ3n) is 2.59. The zero-order valence-corrected chi connectivity index (χ0v) is 8.18. The van der Waals surface area contributed by atoms with E-state index in [1.807, 2.05) is 11.8 Å². The molecule has 1 fully saturated rings. The van der Waals surface area contributed by atoms with Gasteiger partial charge in [-0.2, -0.15) is 5.10 Å². The minimum absolute atomic E-state index is 0.146. The first-order chi connectivity index (χ1) is 6.72. The van der Waals surface area contributed by atoms with E-state index in [9.17, 15) is 4.79 Å². The third-order valence-corrected chi connectivity index (χ3v) is 2.59. The molecule has 1 saturated heterocycles. The lowest BCUT2D eigenvalue weighted by Crippen LogP contribution is -2.28. The minimum atomic E-state index is -0.146. The SMILES string of the molecule is CCN1CCC(n2cc(N)cn2)C1=O. The molecule has 1 atom stereocenters. The van der Waals surface area contributed by atoms with E-state index >= 15 is 0 Å². The van der Waals surface area contributed by atoms with Crippen LogP contribution in [0.3, 0.4) is 0 Å². The van der Waals surface area contributed by atoms with Crippen LogP contribution in [0.15, 0.2) is 12.4 Å². The van der Waals surface area contributed by atoms with Crippen LogP contribution in [0.2, 0.25) is 0 Å². The lowest BCUT2D eigenvalue weighted by Gasteiger charge is -2.13. The summed E-state index contributed by atoms with van der Waals surface area (Å²) in [4.78, 5) is 13.6. The van der Waals surface area contributed by atoms with Gasteiger partial charge in [-0.1, -0.05) is 0 Å². The number of hydrogen-bond acceptors (Lipinski definition) is 3. The summed E-state index contributed by atoms with van der Waals surface area (Å²) < 4.78 is 1.66. The van der Waals surface area contributed by atoms with E-state index in [-0.39, 0.29) is 11.9 Å². The number of anilines is 1. The highest BCUT2D eigenvalue weighted by atomic mass is 16.2. The Kier molecular flexibility index (Phi) is 2.15. The number of nitrogens with zero attached hydrogens (tertiary/aromatic N) is 3. The van der Waals surface area contributed by atoms with E-state index < -0.39 is 0 Å². The highest BCUT2D eigenvalue weighted by Gasteiger charge is 2.32. The Balaban J connectivity index is 2.17. The van der Waals surface area contributed by atoms with Crippen LogP contribution in [0.5, 0.6) is 0 Å². The van der Waals surface area contributed by atoms with Crippen molar-refractivity contribution >= 4 is 11.6 Å². The molecule has 14 heavy (non-hydrogen) atoms. The lowest BCUT2D eigenvalue weighted by atomic mass is 10.2. The lowest BCUT2D eigenvalue weighted by molar-refractivity contribution is -0.130. The number of likely N-dealkylation sites (tertiary alicyclic amines) is 1. The van der Waals surface area contributed by atoms with Gasteiger partial charge in [0.15, 0.2) is 0 Å². The molecule has 5 heteroatoms. The maximum absolute atomic E-state index is 11.8. The van der Waals surface area contributed by atoms with Gasteiger partial charge in [0.2, 0.25) is 5.91 Å². The molecule has 1 unspecified atom stereocenters. The Morgan fingerprint density at radius 1 is 1.71 bits per heavy atom. The number of carbonyl (C=O) groups excluding carboxylic acids is 1. The van der Waals surface area contributed by atoms with Crippen molar-refractivity contribution in [3.8, 4) is 0 Å². The van der Waals surface area contributed by atoms with E-state index in [0.29, 0.717) is 5.69 Å². The Morgan fingerprint density at radius 3 is 3.00 bits per heavy atom. The van der Waals surface area contributed by atoms with Crippen LogP contribution in [-0.2, 0) is 4.79 Å². The van der Waals surface area contributed by atoms with Crippen LogP contribution in [0, 0.1) is 0 Å². The fourth-order valence-corrected chi connectivity index (χ4v) is 1.81. The summed E-state index contributed by atoms with van der Waals surface area (Å²) in [5, 5.41) is 4.06. The van der Waals surface area contributed by atoms with Gasteiger partial charge in [0.1, 0.15) is 6.04 Å². The molecule has 1 aliphatic rings. The van der Waals surface area contributed by atoms with E-state index in [1.165, 1.54) is 0 Å². The molecule has 0 bridgehead atoms. The van der Waals surface area contributed by atoms with E-state index in [2.05, 4.69) is 5.10 Å². The maximum Gasteiger partial charge on any atom is 0.247 e. The highest BCUT2D eigenvalue weighted by molar-refractivity contribution is 5.82. The molecule has 1 aromatic heterocycles. The molecule has 0 aliphatic carbocycles. The van der Waals surface area contributed by atoms with E-state index in [0.717, 1.165) is 19.5 Å². The average molecular weight is 194 g/mol. The maximum atomic E-state index is 11.8. The van der Waals surface area contributed by atoms with Crippen LogP contribution in [0.4, 0.5) is 5.69 Å². The molecule has 1 aromatic rings. The van der Waals surface area contributed by atoms with Gasteiger partial charge in [0.25, 0.3) is 0 Å². The Labute approximate surface area is 82.5 Å². The number of nitrogens with two attached hydrogens (primary N) is 1. The van der Waals surface area contributed by atoms with E-state index in [4.69, 9.17) is 5.73 Å². The van der Waals surface area contributed by atoms with Crippen molar-refractivity contribution in [3.63, 3.8) is 0 Å². The van der Waals surface area contributed by atoms with Crippen molar-refractivity contribution in [1.29, 1.82) is 0 Å². The smallest absolute Gasteiger partial charge is 0.247 e. The van der Waals surface area contributed by atoms with Gasteiger partial charge in [-0.05, 0) is 13.3 Å². The number of hydrogen-bond donors (Lipinski definition) is 1. The monoisotopic (exact) mass is 194 g/mol. The molecule has 0 aromatic carbocycles. The second-order valence-electron chi connectivity index (χ2n) is 3.48. The fourth-order valence-electron chi connectivity index (χ4n) is 1.81. The summed E-state index contributed by atoms with van der Waals surface area (Å²) in [6.45, 7) is 3.57. The third kappa shape index (κ3) is 1.34. The molecular weight excluding hydrogens is 180 g/mol. The quantitative estimate of drug-likeness (QED) is 0.734. The Morgan fingerprint density at radius 2 is 2.50 bits per heavy atom. The molecule has 2 N–H and O–H groups in total. The second kappa shape index (κ2) is 3.32. The Hall–Kier alpha value is -1.52. The molecule has 1 aliphatic heterocycles. The van der Waals surface area contributed by atoms with Crippen molar-refractivity contribution in [2.24, 2.45) is 0 Å². The normalized spacial score (nSPS) is 21.9.